The molecular formula is C14H16ClNO. The summed E-state index contributed by atoms with van der Waals surface area (Å²) < 4.78 is 0. The van der Waals surface area contributed by atoms with Crippen LogP contribution in [0.25, 0.3) is 0 Å². The van der Waals surface area contributed by atoms with Gasteiger partial charge in [0.15, 0.2) is 0 Å². The molecule has 1 amide bonds. The maximum Gasteiger partial charge on any atom is 0.224 e. The van der Waals surface area contributed by atoms with E-state index in [1.165, 1.54) is 0 Å². The van der Waals surface area contributed by atoms with Gasteiger partial charge in [0.1, 0.15) is 0 Å². The molecule has 1 aromatic rings. The fourth-order valence-corrected chi connectivity index (χ4v) is 1.62. The molecule has 1 rings (SSSR count). The van der Waals surface area contributed by atoms with Crippen molar-refractivity contribution < 1.29 is 4.79 Å². The van der Waals surface area contributed by atoms with Crippen LogP contribution in [0.2, 0.25) is 5.02 Å². The number of hydrogen-bond acceptors (Lipinski definition) is 1. The highest BCUT2D eigenvalue weighted by Gasteiger charge is 2.06. The molecule has 0 saturated carbocycles. The van der Waals surface area contributed by atoms with Crippen LogP contribution in [0, 0.1) is 0 Å². The Hall–Kier alpha value is -1.54. The van der Waals surface area contributed by atoms with Gasteiger partial charge in [0.2, 0.25) is 5.91 Å². The predicted octanol–water partition coefficient (Wildman–Crippen LogP) is 3.97. The van der Waals surface area contributed by atoms with E-state index in [1.807, 2.05) is 6.07 Å². The number of hydrogen-bond donors (Lipinski definition) is 1. The highest BCUT2D eigenvalue weighted by Crippen LogP contribution is 2.22. The van der Waals surface area contributed by atoms with Crippen LogP contribution in [0.3, 0.4) is 0 Å². The van der Waals surface area contributed by atoms with Gasteiger partial charge >= 0.3 is 0 Å². The molecule has 0 saturated heterocycles. The van der Waals surface area contributed by atoms with Gasteiger partial charge in [-0.3, -0.25) is 4.79 Å². The Morgan fingerprint density at radius 1 is 1.35 bits per heavy atom. The molecule has 0 aliphatic rings. The zero-order valence-electron chi connectivity index (χ0n) is 9.71. The van der Waals surface area contributed by atoms with E-state index in [-0.39, 0.29) is 5.91 Å². The summed E-state index contributed by atoms with van der Waals surface area (Å²) in [6.07, 6.45) is 5.33. The predicted molar refractivity (Wildman–Crippen MR) is 73.4 cm³/mol. The maximum absolute atomic E-state index is 11.6. The quantitative estimate of drug-likeness (QED) is 0.760. The van der Waals surface area contributed by atoms with Gasteiger partial charge in [0, 0.05) is 17.1 Å². The lowest BCUT2D eigenvalue weighted by atomic mass is 10.1. The minimum atomic E-state index is -0.0301. The summed E-state index contributed by atoms with van der Waals surface area (Å²) in [7, 11) is 0. The average molecular weight is 250 g/mol. The fraction of sp³-hybridized carbons (Fsp3) is 0.214. The first-order valence-corrected chi connectivity index (χ1v) is 5.85. The Bertz CT molecular complexity index is 426. The van der Waals surface area contributed by atoms with Crippen molar-refractivity contribution in [1.29, 1.82) is 0 Å². The molecule has 0 spiro atoms. The van der Waals surface area contributed by atoms with Gasteiger partial charge in [0.25, 0.3) is 0 Å². The number of amides is 1. The second-order valence-electron chi connectivity index (χ2n) is 3.67. The van der Waals surface area contributed by atoms with Gasteiger partial charge in [0.05, 0.1) is 0 Å². The molecule has 0 unspecified atom stereocenters. The van der Waals surface area contributed by atoms with Gasteiger partial charge in [-0.05, 0) is 30.5 Å². The molecule has 2 nitrogen and oxygen atoms in total. The normalized spacial score (nSPS) is 9.71. The third-order valence-corrected chi connectivity index (χ3v) is 2.52. The van der Waals surface area contributed by atoms with Gasteiger partial charge in [-0.1, -0.05) is 29.8 Å². The zero-order chi connectivity index (χ0) is 12.7. The molecule has 0 fully saturated rings. The van der Waals surface area contributed by atoms with Crippen LogP contribution in [-0.2, 0) is 11.2 Å². The van der Waals surface area contributed by atoms with E-state index in [2.05, 4.69) is 18.5 Å². The first-order valence-electron chi connectivity index (χ1n) is 5.47. The number of carbonyl (C=O) groups is 1. The number of anilines is 1. The minimum Gasteiger partial charge on any atom is -0.326 e. The van der Waals surface area contributed by atoms with E-state index in [9.17, 15) is 4.79 Å². The molecule has 3 heteroatoms. The van der Waals surface area contributed by atoms with Crippen molar-refractivity contribution in [3.8, 4) is 0 Å². The lowest BCUT2D eigenvalue weighted by Gasteiger charge is -2.10. The van der Waals surface area contributed by atoms with Gasteiger partial charge < -0.3 is 5.32 Å². The highest BCUT2D eigenvalue weighted by atomic mass is 35.5. The Morgan fingerprint density at radius 2 is 2.12 bits per heavy atom. The fourth-order valence-electron chi connectivity index (χ4n) is 1.44. The standard InChI is InChI=1S/C14H16ClNO/c1-3-5-7-14(17)16-13-10-12(15)9-8-11(13)6-4-2/h3-4,8-10H,1-2,5-7H2,(H,16,17). The van der Waals surface area contributed by atoms with E-state index in [4.69, 9.17) is 11.6 Å². The topological polar surface area (TPSA) is 29.1 Å². The van der Waals surface area contributed by atoms with E-state index in [1.54, 1.807) is 24.3 Å². The van der Waals surface area contributed by atoms with Crippen molar-refractivity contribution in [3.05, 3.63) is 54.1 Å². The summed E-state index contributed by atoms with van der Waals surface area (Å²) in [6, 6.07) is 5.46. The number of benzene rings is 1. The molecule has 0 bridgehead atoms. The van der Waals surface area contributed by atoms with Gasteiger partial charge in [-0.2, -0.15) is 0 Å². The maximum atomic E-state index is 11.6. The lowest BCUT2D eigenvalue weighted by Crippen LogP contribution is -2.12. The minimum absolute atomic E-state index is 0.0301. The second-order valence-corrected chi connectivity index (χ2v) is 4.11. The molecule has 0 aromatic heterocycles. The Labute approximate surface area is 107 Å². The summed E-state index contributed by atoms with van der Waals surface area (Å²) in [5, 5.41) is 3.46. The van der Waals surface area contributed by atoms with Gasteiger partial charge in [-0.25, -0.2) is 0 Å². The Kier molecular flexibility index (Phi) is 5.50. The molecular weight excluding hydrogens is 234 g/mol. The monoisotopic (exact) mass is 249 g/mol. The first kappa shape index (κ1) is 13.5. The van der Waals surface area contributed by atoms with Crippen LogP contribution < -0.4 is 5.32 Å². The van der Waals surface area contributed by atoms with E-state index < -0.39 is 0 Å². The van der Waals surface area contributed by atoms with Crippen molar-refractivity contribution in [2.45, 2.75) is 19.3 Å². The molecule has 17 heavy (non-hydrogen) atoms. The largest absolute Gasteiger partial charge is 0.326 e. The number of allylic oxidation sites excluding steroid dienone is 2. The van der Waals surface area contributed by atoms with Crippen molar-refractivity contribution in [2.24, 2.45) is 0 Å². The SMILES string of the molecule is C=CCCC(=O)Nc1cc(Cl)ccc1CC=C. The molecule has 0 atom stereocenters. The molecule has 1 aromatic carbocycles. The van der Waals surface area contributed by atoms with Crippen LogP contribution in [-0.4, -0.2) is 5.91 Å². The number of halogens is 1. The number of carbonyl (C=O) groups excluding carboxylic acids is 1. The molecule has 0 aliphatic heterocycles. The Balaban J connectivity index is 2.80. The summed E-state index contributed by atoms with van der Waals surface area (Å²) >= 11 is 5.91. The van der Waals surface area contributed by atoms with Crippen molar-refractivity contribution in [1.82, 2.24) is 0 Å². The third kappa shape index (κ3) is 4.45. The number of nitrogens with one attached hydrogen (secondary N) is 1. The molecule has 0 aliphatic carbocycles. The van der Waals surface area contributed by atoms with Crippen LogP contribution in [0.1, 0.15) is 18.4 Å². The molecule has 90 valence electrons. The van der Waals surface area contributed by atoms with Crippen LogP contribution in [0.5, 0.6) is 0 Å². The van der Waals surface area contributed by atoms with E-state index in [0.717, 1.165) is 11.3 Å². The smallest absolute Gasteiger partial charge is 0.224 e. The zero-order valence-corrected chi connectivity index (χ0v) is 10.5. The molecule has 0 heterocycles. The summed E-state index contributed by atoms with van der Waals surface area (Å²) in [5.74, 6) is -0.0301. The Morgan fingerprint density at radius 3 is 2.76 bits per heavy atom. The highest BCUT2D eigenvalue weighted by molar-refractivity contribution is 6.31. The summed E-state index contributed by atoms with van der Waals surface area (Å²) in [6.45, 7) is 7.28. The summed E-state index contributed by atoms with van der Waals surface area (Å²) in [5.41, 5.74) is 1.77. The van der Waals surface area contributed by atoms with E-state index >= 15 is 0 Å². The number of rotatable bonds is 6. The van der Waals surface area contributed by atoms with Crippen LogP contribution >= 0.6 is 11.6 Å². The van der Waals surface area contributed by atoms with E-state index in [0.29, 0.717) is 24.3 Å². The van der Waals surface area contributed by atoms with Crippen LogP contribution in [0.15, 0.2) is 43.5 Å². The lowest BCUT2D eigenvalue weighted by molar-refractivity contribution is -0.116. The average Bonchev–Trinajstić information content (AvgIpc) is 2.30. The van der Waals surface area contributed by atoms with Gasteiger partial charge in [-0.15, -0.1) is 13.2 Å². The van der Waals surface area contributed by atoms with Crippen molar-refractivity contribution in [3.63, 3.8) is 0 Å². The van der Waals surface area contributed by atoms with Crippen LogP contribution in [0.4, 0.5) is 5.69 Å². The first-order chi connectivity index (χ1) is 8.17. The molecule has 0 radical (unpaired) electrons. The van der Waals surface area contributed by atoms with Crippen molar-refractivity contribution >= 4 is 23.2 Å². The summed E-state index contributed by atoms with van der Waals surface area (Å²) in [4.78, 5) is 11.6. The van der Waals surface area contributed by atoms with Crippen molar-refractivity contribution in [2.75, 3.05) is 5.32 Å². The molecule has 1 N–H and O–H groups in total. The third-order valence-electron chi connectivity index (χ3n) is 2.29. The second kappa shape index (κ2) is 6.92.